The zero-order valence-corrected chi connectivity index (χ0v) is 8.48. The van der Waals surface area contributed by atoms with E-state index in [9.17, 15) is 0 Å². The molecule has 0 bridgehead atoms. The Morgan fingerprint density at radius 1 is 1.36 bits per heavy atom. The van der Waals surface area contributed by atoms with E-state index in [4.69, 9.17) is 9.47 Å². The van der Waals surface area contributed by atoms with E-state index in [0.29, 0.717) is 12.5 Å². The van der Waals surface area contributed by atoms with Gasteiger partial charge in [-0.3, -0.25) is 0 Å². The molecule has 1 fully saturated rings. The van der Waals surface area contributed by atoms with Crippen LogP contribution in [0.2, 0.25) is 0 Å². The van der Waals surface area contributed by atoms with Crippen LogP contribution in [0.4, 0.5) is 0 Å². The second-order valence-electron chi connectivity index (χ2n) is 3.92. The average Bonchev–Trinajstić information content (AvgIpc) is 2.63. The van der Waals surface area contributed by atoms with Crippen LogP contribution in [0.1, 0.15) is 13.3 Å². The lowest BCUT2D eigenvalue weighted by atomic mass is 10.1. The summed E-state index contributed by atoms with van der Waals surface area (Å²) in [5, 5.41) is 0. The highest BCUT2D eigenvalue weighted by Gasteiger charge is 2.22. The Bertz CT molecular complexity index is 271. The average molecular weight is 192 g/mol. The van der Waals surface area contributed by atoms with Gasteiger partial charge in [-0.25, -0.2) is 0 Å². The second-order valence-corrected chi connectivity index (χ2v) is 3.92. The van der Waals surface area contributed by atoms with Gasteiger partial charge in [0.25, 0.3) is 0 Å². The van der Waals surface area contributed by atoms with Crippen molar-refractivity contribution in [2.24, 2.45) is 5.92 Å². The molecular formula is C12H16O2. The molecule has 0 spiro atoms. The van der Waals surface area contributed by atoms with Gasteiger partial charge in [0.2, 0.25) is 0 Å². The molecular weight excluding hydrogens is 176 g/mol. The molecule has 0 N–H and O–H groups in total. The Kier molecular flexibility index (Phi) is 3.04. The predicted molar refractivity (Wildman–Crippen MR) is 55.5 cm³/mol. The molecule has 2 heteroatoms. The van der Waals surface area contributed by atoms with Gasteiger partial charge in [0.15, 0.2) is 0 Å². The van der Waals surface area contributed by atoms with Gasteiger partial charge in [-0.15, -0.1) is 0 Å². The largest absolute Gasteiger partial charge is 0.491 e. The summed E-state index contributed by atoms with van der Waals surface area (Å²) < 4.78 is 11.2. The van der Waals surface area contributed by atoms with Gasteiger partial charge in [-0.1, -0.05) is 25.1 Å². The minimum atomic E-state index is 0.283. The van der Waals surface area contributed by atoms with Crippen molar-refractivity contribution >= 4 is 0 Å². The topological polar surface area (TPSA) is 18.5 Å². The quantitative estimate of drug-likeness (QED) is 0.732. The lowest BCUT2D eigenvalue weighted by Gasteiger charge is -2.10. The highest BCUT2D eigenvalue weighted by Crippen LogP contribution is 2.19. The predicted octanol–water partition coefficient (Wildman–Crippen LogP) is 2.49. The van der Waals surface area contributed by atoms with Crippen molar-refractivity contribution < 1.29 is 9.47 Å². The molecule has 2 nitrogen and oxygen atoms in total. The maximum Gasteiger partial charge on any atom is 0.119 e. The zero-order chi connectivity index (χ0) is 9.80. The van der Waals surface area contributed by atoms with Gasteiger partial charge in [0.1, 0.15) is 12.4 Å². The van der Waals surface area contributed by atoms with Crippen molar-refractivity contribution in [2.75, 3.05) is 13.2 Å². The van der Waals surface area contributed by atoms with Gasteiger partial charge in [0, 0.05) is 6.61 Å². The first kappa shape index (κ1) is 9.53. The fraction of sp³-hybridized carbons (Fsp3) is 0.500. The lowest BCUT2D eigenvalue weighted by molar-refractivity contribution is 0.0662. The van der Waals surface area contributed by atoms with E-state index in [1.807, 2.05) is 30.3 Å². The Hall–Kier alpha value is -1.02. The lowest BCUT2D eigenvalue weighted by Crippen LogP contribution is -2.16. The van der Waals surface area contributed by atoms with Crippen LogP contribution in [0.3, 0.4) is 0 Å². The monoisotopic (exact) mass is 192 g/mol. The summed E-state index contributed by atoms with van der Waals surface area (Å²) in [6, 6.07) is 9.89. The smallest absolute Gasteiger partial charge is 0.119 e. The van der Waals surface area contributed by atoms with E-state index in [1.54, 1.807) is 0 Å². The molecule has 1 aromatic carbocycles. The summed E-state index contributed by atoms with van der Waals surface area (Å²) in [6.07, 6.45) is 1.40. The van der Waals surface area contributed by atoms with Crippen LogP contribution in [-0.4, -0.2) is 19.3 Å². The third-order valence-electron chi connectivity index (χ3n) is 2.46. The van der Waals surface area contributed by atoms with Crippen molar-refractivity contribution in [1.29, 1.82) is 0 Å². The SMILES string of the molecule is C[C@@H]1COC(COc2ccccc2)C1. The summed E-state index contributed by atoms with van der Waals surface area (Å²) in [7, 11) is 0. The van der Waals surface area contributed by atoms with Crippen LogP contribution in [0, 0.1) is 5.92 Å². The third-order valence-corrected chi connectivity index (χ3v) is 2.46. The molecule has 1 aromatic rings. The van der Waals surface area contributed by atoms with E-state index >= 15 is 0 Å². The number of benzene rings is 1. The summed E-state index contributed by atoms with van der Waals surface area (Å²) in [5.74, 6) is 1.61. The Morgan fingerprint density at radius 2 is 2.14 bits per heavy atom. The molecule has 0 aliphatic carbocycles. The fourth-order valence-electron chi connectivity index (χ4n) is 1.71. The molecule has 76 valence electrons. The van der Waals surface area contributed by atoms with E-state index in [2.05, 4.69) is 6.92 Å². The maximum atomic E-state index is 5.61. The molecule has 2 rings (SSSR count). The third kappa shape index (κ3) is 2.48. The second kappa shape index (κ2) is 4.47. The molecule has 1 aliphatic rings. The first-order valence-electron chi connectivity index (χ1n) is 5.14. The van der Waals surface area contributed by atoms with E-state index in [0.717, 1.165) is 18.8 Å². The van der Waals surface area contributed by atoms with Gasteiger partial charge in [-0.05, 0) is 24.5 Å². The molecule has 0 aromatic heterocycles. The number of hydrogen-bond donors (Lipinski definition) is 0. The highest BCUT2D eigenvalue weighted by molar-refractivity contribution is 5.20. The standard InChI is InChI=1S/C12H16O2/c1-10-7-12(13-8-10)9-14-11-5-3-2-4-6-11/h2-6,10,12H,7-9H2,1H3/t10-,12?/m0/s1. The van der Waals surface area contributed by atoms with Crippen LogP contribution in [0.5, 0.6) is 5.75 Å². The van der Waals surface area contributed by atoms with E-state index < -0.39 is 0 Å². The fourth-order valence-corrected chi connectivity index (χ4v) is 1.71. The van der Waals surface area contributed by atoms with Gasteiger partial charge >= 0.3 is 0 Å². The van der Waals surface area contributed by atoms with Crippen LogP contribution in [0.25, 0.3) is 0 Å². The minimum Gasteiger partial charge on any atom is -0.491 e. The van der Waals surface area contributed by atoms with Crippen LogP contribution in [0.15, 0.2) is 30.3 Å². The van der Waals surface area contributed by atoms with Crippen LogP contribution < -0.4 is 4.74 Å². The van der Waals surface area contributed by atoms with Crippen molar-refractivity contribution in [3.05, 3.63) is 30.3 Å². The zero-order valence-electron chi connectivity index (χ0n) is 8.48. The maximum absolute atomic E-state index is 5.61. The number of para-hydroxylation sites is 1. The molecule has 1 heterocycles. The summed E-state index contributed by atoms with van der Waals surface area (Å²) in [4.78, 5) is 0. The first-order chi connectivity index (χ1) is 6.84. The Labute approximate surface area is 84.8 Å². The molecule has 1 aliphatic heterocycles. The molecule has 1 saturated heterocycles. The van der Waals surface area contributed by atoms with Crippen molar-refractivity contribution in [3.8, 4) is 5.75 Å². The number of hydrogen-bond acceptors (Lipinski definition) is 2. The summed E-state index contributed by atoms with van der Waals surface area (Å²) >= 11 is 0. The van der Waals surface area contributed by atoms with Crippen LogP contribution in [-0.2, 0) is 4.74 Å². The molecule has 1 unspecified atom stereocenters. The number of ether oxygens (including phenoxy) is 2. The van der Waals surface area contributed by atoms with Gasteiger partial charge in [0.05, 0.1) is 6.10 Å². The van der Waals surface area contributed by atoms with Crippen molar-refractivity contribution in [1.82, 2.24) is 0 Å². The van der Waals surface area contributed by atoms with Crippen LogP contribution >= 0.6 is 0 Å². The Balaban J connectivity index is 1.78. The molecule has 2 atom stereocenters. The minimum absolute atomic E-state index is 0.283. The van der Waals surface area contributed by atoms with E-state index in [1.165, 1.54) is 0 Å². The molecule has 0 radical (unpaired) electrons. The van der Waals surface area contributed by atoms with E-state index in [-0.39, 0.29) is 6.10 Å². The molecule has 14 heavy (non-hydrogen) atoms. The van der Waals surface area contributed by atoms with Gasteiger partial charge < -0.3 is 9.47 Å². The van der Waals surface area contributed by atoms with Gasteiger partial charge in [-0.2, -0.15) is 0 Å². The Morgan fingerprint density at radius 3 is 2.79 bits per heavy atom. The number of rotatable bonds is 3. The molecule has 0 saturated carbocycles. The highest BCUT2D eigenvalue weighted by atomic mass is 16.5. The first-order valence-corrected chi connectivity index (χ1v) is 5.14. The normalized spacial score (nSPS) is 26.4. The van der Waals surface area contributed by atoms with Crippen molar-refractivity contribution in [3.63, 3.8) is 0 Å². The summed E-state index contributed by atoms with van der Waals surface area (Å²) in [6.45, 7) is 3.76. The molecule has 0 amide bonds. The summed E-state index contributed by atoms with van der Waals surface area (Å²) in [5.41, 5.74) is 0. The van der Waals surface area contributed by atoms with Crippen molar-refractivity contribution in [2.45, 2.75) is 19.4 Å².